The molecule has 1 saturated carbocycles. The van der Waals surface area contributed by atoms with Crippen LogP contribution in [-0.4, -0.2) is 42.3 Å². The third kappa shape index (κ3) is 6.30. The third-order valence-corrected chi connectivity index (χ3v) is 7.40. The first-order valence-electron chi connectivity index (χ1n) is 12.3. The zero-order valence-corrected chi connectivity index (χ0v) is 19.5. The van der Waals surface area contributed by atoms with Gasteiger partial charge in [-0.1, -0.05) is 0 Å². The number of Topliss-reactive ketones (excluding diaryl/α,β-unsaturated/α-hetero) is 1. The Morgan fingerprint density at radius 2 is 1.53 bits per heavy atom. The number of nitriles is 1. The molecule has 0 atom stereocenters. The van der Waals surface area contributed by atoms with Crippen molar-refractivity contribution in [2.24, 2.45) is 11.8 Å². The van der Waals surface area contributed by atoms with Gasteiger partial charge in [-0.2, -0.15) is 5.26 Å². The number of rotatable bonds is 7. The monoisotopic (exact) mass is 461 g/mol. The molecular formula is C28H32FN3O2. The fourth-order valence-corrected chi connectivity index (χ4v) is 5.19. The number of nitrogens with zero attached hydrogens (tertiary/aromatic N) is 2. The highest BCUT2D eigenvalue weighted by atomic mass is 19.1. The van der Waals surface area contributed by atoms with Crippen LogP contribution in [-0.2, 0) is 0 Å². The lowest BCUT2D eigenvalue weighted by Gasteiger charge is -2.34. The zero-order chi connectivity index (χ0) is 23.9. The molecule has 4 rings (SSSR count). The van der Waals surface area contributed by atoms with Crippen molar-refractivity contribution in [2.75, 3.05) is 19.6 Å². The minimum Gasteiger partial charge on any atom is -0.349 e. The van der Waals surface area contributed by atoms with Crippen LogP contribution in [0, 0.1) is 29.0 Å². The standard InChI is InChI=1S/C28H32FN3O2/c29-25-9-7-22(8-10-25)27(33)23-14-17-32(18-15-23)16-13-20-3-11-26(12-4-20)31-28(34)24-5-1-21(19-30)2-6-24/h1-2,5-10,20,23,26H,3-4,11-18H2,(H,31,34). The number of hydrogen-bond acceptors (Lipinski definition) is 4. The summed E-state index contributed by atoms with van der Waals surface area (Å²) in [7, 11) is 0. The molecule has 34 heavy (non-hydrogen) atoms. The van der Waals surface area contributed by atoms with Gasteiger partial charge in [-0.15, -0.1) is 0 Å². The van der Waals surface area contributed by atoms with Crippen LogP contribution in [0.15, 0.2) is 48.5 Å². The van der Waals surface area contributed by atoms with Crippen LogP contribution in [0.4, 0.5) is 4.39 Å². The van der Waals surface area contributed by atoms with Gasteiger partial charge >= 0.3 is 0 Å². The van der Waals surface area contributed by atoms with E-state index in [9.17, 15) is 14.0 Å². The Hall–Kier alpha value is -3.04. The van der Waals surface area contributed by atoms with E-state index in [1.165, 1.54) is 12.1 Å². The fraction of sp³-hybridized carbons (Fsp3) is 0.464. The Balaban J connectivity index is 1.14. The van der Waals surface area contributed by atoms with Crippen molar-refractivity contribution < 1.29 is 14.0 Å². The second kappa shape index (κ2) is 11.4. The van der Waals surface area contributed by atoms with E-state index in [1.807, 2.05) is 0 Å². The third-order valence-electron chi connectivity index (χ3n) is 7.40. The highest BCUT2D eigenvalue weighted by molar-refractivity contribution is 5.97. The molecule has 2 fully saturated rings. The van der Waals surface area contributed by atoms with Crippen LogP contribution >= 0.6 is 0 Å². The SMILES string of the molecule is N#Cc1ccc(C(=O)NC2CCC(CCN3CCC(C(=O)c4ccc(F)cc4)CC3)CC2)cc1. The van der Waals surface area contributed by atoms with Gasteiger partial charge in [0.05, 0.1) is 11.6 Å². The quantitative estimate of drug-likeness (QED) is 0.591. The van der Waals surface area contributed by atoms with Gasteiger partial charge in [-0.25, -0.2) is 4.39 Å². The molecule has 1 aliphatic heterocycles. The molecule has 2 aromatic carbocycles. The number of piperidine rings is 1. The predicted octanol–water partition coefficient (Wildman–Crippen LogP) is 4.97. The van der Waals surface area contributed by atoms with Crippen molar-refractivity contribution in [3.05, 3.63) is 71.0 Å². The van der Waals surface area contributed by atoms with Gasteiger partial charge in [-0.3, -0.25) is 9.59 Å². The van der Waals surface area contributed by atoms with E-state index in [4.69, 9.17) is 5.26 Å². The Kier molecular flexibility index (Phi) is 8.08. The molecule has 0 unspecified atom stereocenters. The number of nitrogens with one attached hydrogen (secondary N) is 1. The highest BCUT2D eigenvalue weighted by Crippen LogP contribution is 2.28. The molecule has 0 aromatic heterocycles. The van der Waals surface area contributed by atoms with E-state index >= 15 is 0 Å². The van der Waals surface area contributed by atoms with Gasteiger partial charge in [0.1, 0.15) is 5.82 Å². The summed E-state index contributed by atoms with van der Waals surface area (Å²) < 4.78 is 13.1. The molecule has 1 heterocycles. The predicted molar refractivity (Wildman–Crippen MR) is 129 cm³/mol. The van der Waals surface area contributed by atoms with Gasteiger partial charge < -0.3 is 10.2 Å². The van der Waals surface area contributed by atoms with Crippen molar-refractivity contribution >= 4 is 11.7 Å². The van der Waals surface area contributed by atoms with Crippen molar-refractivity contribution in [1.82, 2.24) is 10.2 Å². The molecule has 1 saturated heterocycles. The van der Waals surface area contributed by atoms with Crippen molar-refractivity contribution in [1.29, 1.82) is 5.26 Å². The summed E-state index contributed by atoms with van der Waals surface area (Å²) in [6.07, 6.45) is 7.14. The summed E-state index contributed by atoms with van der Waals surface area (Å²) in [5.41, 5.74) is 1.77. The summed E-state index contributed by atoms with van der Waals surface area (Å²) in [6, 6.07) is 14.9. The Labute approximate surface area is 201 Å². The van der Waals surface area contributed by atoms with E-state index in [2.05, 4.69) is 16.3 Å². The highest BCUT2D eigenvalue weighted by Gasteiger charge is 2.27. The first kappa shape index (κ1) is 24.1. The normalized spacial score (nSPS) is 21.5. The van der Waals surface area contributed by atoms with E-state index in [-0.39, 0.29) is 29.5 Å². The molecule has 6 heteroatoms. The summed E-state index contributed by atoms with van der Waals surface area (Å²) >= 11 is 0. The average molecular weight is 462 g/mol. The molecular weight excluding hydrogens is 429 g/mol. The minimum atomic E-state index is -0.311. The summed E-state index contributed by atoms with van der Waals surface area (Å²) in [5, 5.41) is 12.0. The fourth-order valence-electron chi connectivity index (χ4n) is 5.19. The topological polar surface area (TPSA) is 73.2 Å². The van der Waals surface area contributed by atoms with Crippen LogP contribution in [0.1, 0.15) is 71.2 Å². The van der Waals surface area contributed by atoms with Crippen molar-refractivity contribution in [3.8, 4) is 6.07 Å². The van der Waals surface area contributed by atoms with Crippen molar-refractivity contribution in [3.63, 3.8) is 0 Å². The first-order chi connectivity index (χ1) is 16.5. The molecule has 0 radical (unpaired) electrons. The lowest BCUT2D eigenvalue weighted by Crippen LogP contribution is -2.39. The van der Waals surface area contributed by atoms with Crippen LogP contribution in [0.3, 0.4) is 0 Å². The van der Waals surface area contributed by atoms with Gasteiger partial charge in [0.2, 0.25) is 0 Å². The van der Waals surface area contributed by atoms with E-state index < -0.39 is 0 Å². The molecule has 1 amide bonds. The number of benzene rings is 2. The van der Waals surface area contributed by atoms with Crippen LogP contribution in [0.2, 0.25) is 0 Å². The maximum Gasteiger partial charge on any atom is 0.251 e. The molecule has 1 N–H and O–H groups in total. The van der Waals surface area contributed by atoms with Gasteiger partial charge in [0, 0.05) is 23.1 Å². The number of ketones is 1. The average Bonchev–Trinajstić information content (AvgIpc) is 2.88. The van der Waals surface area contributed by atoms with Gasteiger partial charge in [-0.05, 0) is 119 Å². The summed E-state index contributed by atoms with van der Waals surface area (Å²) in [5.74, 6) is 0.486. The zero-order valence-electron chi connectivity index (χ0n) is 19.5. The van der Waals surface area contributed by atoms with Crippen LogP contribution < -0.4 is 5.32 Å². The lowest BCUT2D eigenvalue weighted by atomic mass is 9.83. The number of halogens is 1. The van der Waals surface area contributed by atoms with Gasteiger partial charge in [0.15, 0.2) is 5.78 Å². The Bertz CT molecular complexity index is 1010. The smallest absolute Gasteiger partial charge is 0.251 e. The number of carbonyl (C=O) groups is 2. The largest absolute Gasteiger partial charge is 0.349 e. The van der Waals surface area contributed by atoms with Crippen LogP contribution in [0.5, 0.6) is 0 Å². The molecule has 2 aliphatic rings. The number of carbonyl (C=O) groups excluding carboxylic acids is 2. The molecule has 2 aromatic rings. The summed E-state index contributed by atoms with van der Waals surface area (Å²) in [4.78, 5) is 27.6. The maximum absolute atomic E-state index is 13.1. The number of amides is 1. The second-order valence-corrected chi connectivity index (χ2v) is 9.66. The molecule has 178 valence electrons. The lowest BCUT2D eigenvalue weighted by molar-refractivity contribution is 0.0832. The minimum absolute atomic E-state index is 0.0388. The van der Waals surface area contributed by atoms with Gasteiger partial charge in [0.25, 0.3) is 5.91 Å². The van der Waals surface area contributed by atoms with E-state index in [0.29, 0.717) is 22.6 Å². The Morgan fingerprint density at radius 3 is 2.15 bits per heavy atom. The maximum atomic E-state index is 13.1. The van der Waals surface area contributed by atoms with E-state index in [1.54, 1.807) is 36.4 Å². The number of hydrogen-bond donors (Lipinski definition) is 1. The summed E-state index contributed by atoms with van der Waals surface area (Å²) in [6.45, 7) is 2.94. The second-order valence-electron chi connectivity index (χ2n) is 9.66. The first-order valence-corrected chi connectivity index (χ1v) is 12.3. The van der Waals surface area contributed by atoms with E-state index in [0.717, 1.165) is 64.6 Å². The Morgan fingerprint density at radius 1 is 0.912 bits per heavy atom. The van der Waals surface area contributed by atoms with Crippen LogP contribution in [0.25, 0.3) is 0 Å². The molecule has 0 spiro atoms. The molecule has 1 aliphatic carbocycles. The molecule has 5 nitrogen and oxygen atoms in total. The molecule has 0 bridgehead atoms. The van der Waals surface area contributed by atoms with Crippen molar-refractivity contribution in [2.45, 2.75) is 51.0 Å². The number of likely N-dealkylation sites (tertiary alicyclic amines) is 1.